The van der Waals surface area contributed by atoms with Crippen LogP contribution in [-0.2, 0) is 6.18 Å². The first-order valence-corrected chi connectivity index (χ1v) is 4.49. The topological polar surface area (TPSA) is 17.3 Å². The SMILES string of the molecule is Cc1nc2cc(C(F)(F)F)ccn2c1Cl. The Bertz CT molecular complexity index is 516. The first kappa shape index (κ1) is 10.3. The second kappa shape index (κ2) is 3.13. The van der Waals surface area contributed by atoms with Gasteiger partial charge < -0.3 is 0 Å². The minimum absolute atomic E-state index is 0.201. The molecular weight excluding hydrogens is 229 g/mol. The van der Waals surface area contributed by atoms with Crippen molar-refractivity contribution in [2.45, 2.75) is 13.1 Å². The zero-order valence-corrected chi connectivity index (χ0v) is 8.39. The molecular formula is C9H6ClF3N2. The molecule has 2 rings (SSSR count). The summed E-state index contributed by atoms with van der Waals surface area (Å²) in [6.07, 6.45) is -3.09. The van der Waals surface area contributed by atoms with Crippen LogP contribution in [0.1, 0.15) is 11.3 Å². The predicted octanol–water partition coefficient (Wildman–Crippen LogP) is 3.31. The minimum Gasteiger partial charge on any atom is -0.290 e. The van der Waals surface area contributed by atoms with Gasteiger partial charge in [0, 0.05) is 6.20 Å². The van der Waals surface area contributed by atoms with Crippen LogP contribution >= 0.6 is 11.6 Å². The van der Waals surface area contributed by atoms with E-state index in [0.717, 1.165) is 12.1 Å². The Balaban J connectivity index is 2.67. The van der Waals surface area contributed by atoms with Gasteiger partial charge in [-0.2, -0.15) is 13.2 Å². The van der Waals surface area contributed by atoms with Gasteiger partial charge in [-0.3, -0.25) is 4.40 Å². The zero-order chi connectivity index (χ0) is 11.2. The first-order valence-electron chi connectivity index (χ1n) is 4.11. The minimum atomic E-state index is -4.35. The van der Waals surface area contributed by atoms with Gasteiger partial charge in [0.25, 0.3) is 0 Å². The normalized spacial score (nSPS) is 12.3. The second-order valence-corrected chi connectivity index (χ2v) is 3.49. The van der Waals surface area contributed by atoms with E-state index < -0.39 is 11.7 Å². The number of aromatic nitrogens is 2. The maximum absolute atomic E-state index is 12.4. The monoisotopic (exact) mass is 234 g/mol. The summed E-state index contributed by atoms with van der Waals surface area (Å²) in [4.78, 5) is 3.92. The Morgan fingerprint density at radius 2 is 2.07 bits per heavy atom. The fourth-order valence-corrected chi connectivity index (χ4v) is 1.49. The van der Waals surface area contributed by atoms with Crippen molar-refractivity contribution in [2.24, 2.45) is 0 Å². The maximum Gasteiger partial charge on any atom is 0.416 e. The highest BCUT2D eigenvalue weighted by atomic mass is 35.5. The zero-order valence-electron chi connectivity index (χ0n) is 7.64. The van der Waals surface area contributed by atoms with E-state index in [-0.39, 0.29) is 5.65 Å². The van der Waals surface area contributed by atoms with Crippen molar-refractivity contribution >= 4 is 17.2 Å². The van der Waals surface area contributed by atoms with Crippen LogP contribution < -0.4 is 0 Å². The van der Waals surface area contributed by atoms with E-state index in [4.69, 9.17) is 11.6 Å². The van der Waals surface area contributed by atoms with Gasteiger partial charge in [0.15, 0.2) is 0 Å². The fraction of sp³-hybridized carbons (Fsp3) is 0.222. The van der Waals surface area contributed by atoms with Gasteiger partial charge in [-0.05, 0) is 19.1 Å². The number of nitrogens with zero attached hydrogens (tertiary/aromatic N) is 2. The van der Waals surface area contributed by atoms with E-state index in [0.29, 0.717) is 10.8 Å². The van der Waals surface area contributed by atoms with Crippen molar-refractivity contribution in [3.63, 3.8) is 0 Å². The second-order valence-electron chi connectivity index (χ2n) is 3.13. The fourth-order valence-electron chi connectivity index (χ4n) is 1.31. The average Bonchev–Trinajstić information content (AvgIpc) is 2.41. The van der Waals surface area contributed by atoms with Crippen LogP contribution in [0, 0.1) is 6.92 Å². The number of pyridine rings is 1. The van der Waals surface area contributed by atoms with Gasteiger partial charge in [0.2, 0.25) is 0 Å². The smallest absolute Gasteiger partial charge is 0.290 e. The van der Waals surface area contributed by atoms with Crippen LogP contribution in [0.25, 0.3) is 5.65 Å². The van der Waals surface area contributed by atoms with Gasteiger partial charge in [0.05, 0.1) is 11.3 Å². The van der Waals surface area contributed by atoms with Crippen molar-refractivity contribution in [3.8, 4) is 0 Å². The van der Waals surface area contributed by atoms with E-state index in [1.807, 2.05) is 0 Å². The van der Waals surface area contributed by atoms with Crippen LogP contribution in [0.5, 0.6) is 0 Å². The van der Waals surface area contributed by atoms with Crippen LogP contribution in [0.15, 0.2) is 18.3 Å². The standard InChI is InChI=1S/C9H6ClF3N2/c1-5-8(10)15-3-2-6(9(11,12)13)4-7(15)14-5/h2-4H,1H3. The number of imidazole rings is 1. The summed E-state index contributed by atoms with van der Waals surface area (Å²) in [7, 11) is 0. The molecule has 6 heteroatoms. The molecule has 0 saturated carbocycles. The van der Waals surface area contributed by atoms with Gasteiger partial charge in [-0.15, -0.1) is 0 Å². The Hall–Kier alpha value is -1.23. The van der Waals surface area contributed by atoms with Crippen molar-refractivity contribution in [3.05, 3.63) is 34.7 Å². The number of hydrogen-bond donors (Lipinski definition) is 0. The quantitative estimate of drug-likeness (QED) is 0.684. The van der Waals surface area contributed by atoms with Gasteiger partial charge in [-0.25, -0.2) is 4.98 Å². The molecule has 0 unspecified atom stereocenters. The summed E-state index contributed by atoms with van der Waals surface area (Å²) >= 11 is 5.83. The van der Waals surface area contributed by atoms with Crippen LogP contribution in [0.2, 0.25) is 5.15 Å². The number of rotatable bonds is 0. The maximum atomic E-state index is 12.4. The van der Waals surface area contributed by atoms with Crippen LogP contribution in [-0.4, -0.2) is 9.38 Å². The molecule has 2 aromatic rings. The molecule has 0 spiro atoms. The molecule has 0 aliphatic carbocycles. The highest BCUT2D eigenvalue weighted by Crippen LogP contribution is 2.30. The van der Waals surface area contributed by atoms with Crippen molar-refractivity contribution in [1.82, 2.24) is 9.38 Å². The summed E-state index contributed by atoms with van der Waals surface area (Å²) < 4.78 is 38.5. The third kappa shape index (κ3) is 1.67. The van der Waals surface area contributed by atoms with Crippen molar-refractivity contribution in [2.75, 3.05) is 0 Å². The molecule has 80 valence electrons. The predicted molar refractivity (Wildman–Crippen MR) is 49.9 cm³/mol. The van der Waals surface area contributed by atoms with Gasteiger partial charge >= 0.3 is 6.18 Å². The highest BCUT2D eigenvalue weighted by molar-refractivity contribution is 6.30. The number of hydrogen-bond acceptors (Lipinski definition) is 1. The van der Waals surface area contributed by atoms with Crippen LogP contribution in [0.4, 0.5) is 13.2 Å². The molecule has 0 saturated heterocycles. The molecule has 0 fully saturated rings. The molecule has 2 heterocycles. The first-order chi connectivity index (χ1) is 6.89. The lowest BCUT2D eigenvalue weighted by atomic mass is 10.2. The lowest BCUT2D eigenvalue weighted by Crippen LogP contribution is -2.05. The van der Waals surface area contributed by atoms with Gasteiger partial charge in [-0.1, -0.05) is 11.6 Å². The lowest BCUT2D eigenvalue weighted by molar-refractivity contribution is -0.137. The van der Waals surface area contributed by atoms with E-state index >= 15 is 0 Å². The summed E-state index contributed by atoms with van der Waals surface area (Å²) in [5.41, 5.74) is -0.0139. The molecule has 0 radical (unpaired) electrons. The molecule has 0 aromatic carbocycles. The number of aryl methyl sites for hydroxylation is 1. The summed E-state index contributed by atoms with van der Waals surface area (Å²) in [6, 6.07) is 1.94. The molecule has 0 aliphatic rings. The number of fused-ring (bicyclic) bond motifs is 1. The average molecular weight is 235 g/mol. The Labute approximate surface area is 88.3 Å². The molecule has 0 N–H and O–H groups in total. The Morgan fingerprint density at radius 3 is 2.67 bits per heavy atom. The molecule has 2 nitrogen and oxygen atoms in total. The highest BCUT2D eigenvalue weighted by Gasteiger charge is 2.30. The van der Waals surface area contributed by atoms with Gasteiger partial charge in [0.1, 0.15) is 10.8 Å². The van der Waals surface area contributed by atoms with E-state index in [2.05, 4.69) is 4.98 Å². The number of alkyl halides is 3. The third-order valence-electron chi connectivity index (χ3n) is 2.05. The third-order valence-corrected chi connectivity index (χ3v) is 2.51. The summed E-state index contributed by atoms with van der Waals surface area (Å²) in [6.45, 7) is 1.64. The Morgan fingerprint density at radius 1 is 1.40 bits per heavy atom. The molecule has 0 atom stereocenters. The molecule has 0 bridgehead atoms. The van der Waals surface area contributed by atoms with E-state index in [9.17, 15) is 13.2 Å². The van der Waals surface area contributed by atoms with Crippen LogP contribution in [0.3, 0.4) is 0 Å². The molecule has 2 aromatic heterocycles. The van der Waals surface area contributed by atoms with Crippen molar-refractivity contribution < 1.29 is 13.2 Å². The summed E-state index contributed by atoms with van der Waals surface area (Å²) in [5, 5.41) is 0.332. The Kier molecular flexibility index (Phi) is 2.15. The largest absolute Gasteiger partial charge is 0.416 e. The molecule has 15 heavy (non-hydrogen) atoms. The molecule has 0 amide bonds. The summed E-state index contributed by atoms with van der Waals surface area (Å²) in [5.74, 6) is 0. The van der Waals surface area contributed by atoms with E-state index in [1.54, 1.807) is 6.92 Å². The molecule has 0 aliphatic heterocycles. The number of halogens is 4. The lowest BCUT2D eigenvalue weighted by Gasteiger charge is -2.06. The van der Waals surface area contributed by atoms with E-state index in [1.165, 1.54) is 10.6 Å². The van der Waals surface area contributed by atoms with Crippen molar-refractivity contribution in [1.29, 1.82) is 0 Å².